The second kappa shape index (κ2) is 4.35. The van der Waals surface area contributed by atoms with Crippen molar-refractivity contribution in [2.24, 2.45) is 0 Å². The fourth-order valence-corrected chi connectivity index (χ4v) is 3.92. The van der Waals surface area contributed by atoms with E-state index in [9.17, 15) is 5.11 Å². The SMILES string of the molecule is O[C@]1(Cc2ccccc2)CN2CC[C@H]1c1ccccc12. The third-order valence-corrected chi connectivity index (χ3v) is 4.81. The lowest BCUT2D eigenvalue weighted by molar-refractivity contribution is -0.000929. The number of hydrogen-bond donors (Lipinski definition) is 1. The summed E-state index contributed by atoms with van der Waals surface area (Å²) in [6.07, 6.45) is 1.80. The van der Waals surface area contributed by atoms with Crippen LogP contribution in [-0.2, 0) is 6.42 Å². The third kappa shape index (κ3) is 1.75. The summed E-state index contributed by atoms with van der Waals surface area (Å²) in [6.45, 7) is 1.82. The fraction of sp³-hybridized carbons (Fsp3) is 0.333. The maximum atomic E-state index is 11.2. The lowest BCUT2D eigenvalue weighted by Gasteiger charge is -2.52. The van der Waals surface area contributed by atoms with Crippen molar-refractivity contribution in [1.82, 2.24) is 0 Å². The number of benzene rings is 2. The van der Waals surface area contributed by atoms with Crippen LogP contribution in [0.5, 0.6) is 0 Å². The van der Waals surface area contributed by atoms with Crippen LogP contribution in [0.1, 0.15) is 23.5 Å². The van der Waals surface area contributed by atoms with Crippen LogP contribution in [-0.4, -0.2) is 23.8 Å². The van der Waals surface area contributed by atoms with Gasteiger partial charge in [0.05, 0.1) is 5.60 Å². The van der Waals surface area contributed by atoms with Crippen molar-refractivity contribution in [3.8, 4) is 0 Å². The van der Waals surface area contributed by atoms with Crippen LogP contribution >= 0.6 is 0 Å². The number of rotatable bonds is 2. The van der Waals surface area contributed by atoms with Crippen LogP contribution in [0.3, 0.4) is 0 Å². The van der Waals surface area contributed by atoms with Gasteiger partial charge in [-0.2, -0.15) is 0 Å². The predicted molar refractivity (Wildman–Crippen MR) is 81.1 cm³/mol. The Morgan fingerprint density at radius 3 is 2.65 bits per heavy atom. The average Bonchev–Trinajstić information content (AvgIpc) is 2.48. The van der Waals surface area contributed by atoms with Crippen molar-refractivity contribution in [2.45, 2.75) is 24.4 Å². The van der Waals surface area contributed by atoms with Crippen LogP contribution in [0.25, 0.3) is 0 Å². The number of hydrogen-bond acceptors (Lipinski definition) is 2. The van der Waals surface area contributed by atoms with Gasteiger partial charge in [0.15, 0.2) is 0 Å². The molecule has 1 saturated heterocycles. The maximum Gasteiger partial charge on any atom is 0.0931 e. The van der Waals surface area contributed by atoms with Gasteiger partial charge >= 0.3 is 0 Å². The standard InChI is InChI=1S/C18H19NO/c20-18(12-14-6-2-1-3-7-14)13-19-11-10-16(18)15-8-4-5-9-17(15)19/h1-9,16,20H,10-13H2/t16-,18+/m0/s1. The monoisotopic (exact) mass is 265 g/mol. The molecule has 2 heteroatoms. The summed E-state index contributed by atoms with van der Waals surface area (Å²) in [5.41, 5.74) is 3.24. The zero-order chi connectivity index (χ0) is 13.6. The second-order valence-corrected chi connectivity index (χ2v) is 6.09. The Hall–Kier alpha value is -1.80. The van der Waals surface area contributed by atoms with Crippen molar-refractivity contribution in [2.75, 3.05) is 18.0 Å². The van der Waals surface area contributed by atoms with Gasteiger partial charge in [0.2, 0.25) is 0 Å². The highest BCUT2D eigenvalue weighted by molar-refractivity contribution is 5.61. The molecule has 0 radical (unpaired) electrons. The molecule has 102 valence electrons. The van der Waals surface area contributed by atoms with E-state index in [1.807, 2.05) is 18.2 Å². The maximum absolute atomic E-state index is 11.2. The summed E-state index contributed by atoms with van der Waals surface area (Å²) >= 11 is 0. The average molecular weight is 265 g/mol. The first-order chi connectivity index (χ1) is 9.76. The van der Waals surface area contributed by atoms with Gasteiger partial charge < -0.3 is 10.0 Å². The molecule has 3 aliphatic rings. The summed E-state index contributed by atoms with van der Waals surface area (Å²) in [7, 11) is 0. The number of nitrogens with zero attached hydrogens (tertiary/aromatic N) is 1. The number of anilines is 1. The Kier molecular flexibility index (Phi) is 2.61. The Bertz CT molecular complexity index is 624. The molecule has 0 spiro atoms. The second-order valence-electron chi connectivity index (χ2n) is 6.09. The lowest BCUT2D eigenvalue weighted by Crippen LogP contribution is -2.58. The number of fused-ring (bicyclic) bond motifs is 2. The molecular weight excluding hydrogens is 246 g/mol. The highest BCUT2D eigenvalue weighted by Gasteiger charge is 2.47. The quantitative estimate of drug-likeness (QED) is 0.902. The van der Waals surface area contributed by atoms with Gasteiger partial charge in [0.25, 0.3) is 0 Å². The van der Waals surface area contributed by atoms with Crippen LogP contribution in [0, 0.1) is 0 Å². The van der Waals surface area contributed by atoms with Gasteiger partial charge in [-0.05, 0) is 23.6 Å². The van der Waals surface area contributed by atoms with Gasteiger partial charge in [-0.1, -0.05) is 48.5 Å². The normalized spacial score (nSPS) is 27.4. The van der Waals surface area contributed by atoms with Gasteiger partial charge in [0, 0.05) is 31.1 Å². The Morgan fingerprint density at radius 1 is 1.05 bits per heavy atom. The minimum atomic E-state index is -0.631. The minimum Gasteiger partial charge on any atom is -0.387 e. The van der Waals surface area contributed by atoms with E-state index in [1.165, 1.54) is 16.8 Å². The molecule has 2 atom stereocenters. The highest BCUT2D eigenvalue weighted by Crippen LogP contribution is 2.48. The van der Waals surface area contributed by atoms with Crippen molar-refractivity contribution in [3.63, 3.8) is 0 Å². The summed E-state index contributed by atoms with van der Waals surface area (Å²) in [4.78, 5) is 2.35. The molecule has 2 nitrogen and oxygen atoms in total. The summed E-state index contributed by atoms with van der Waals surface area (Å²) in [5.74, 6) is 0.268. The van der Waals surface area contributed by atoms with E-state index >= 15 is 0 Å². The molecule has 1 N–H and O–H groups in total. The van der Waals surface area contributed by atoms with E-state index in [0.717, 1.165) is 25.9 Å². The molecule has 1 fully saturated rings. The first-order valence-electron chi connectivity index (χ1n) is 7.36. The number of para-hydroxylation sites is 1. The smallest absolute Gasteiger partial charge is 0.0931 e. The Morgan fingerprint density at radius 2 is 1.80 bits per heavy atom. The third-order valence-electron chi connectivity index (χ3n) is 4.81. The lowest BCUT2D eigenvalue weighted by atomic mass is 9.70. The van der Waals surface area contributed by atoms with Gasteiger partial charge in [-0.15, -0.1) is 0 Å². The molecule has 20 heavy (non-hydrogen) atoms. The molecule has 0 aliphatic carbocycles. The fourth-order valence-electron chi connectivity index (χ4n) is 3.92. The first-order valence-corrected chi connectivity index (χ1v) is 7.36. The number of aliphatic hydroxyl groups is 1. The van der Waals surface area contributed by atoms with Crippen LogP contribution in [0.2, 0.25) is 0 Å². The molecule has 3 aliphatic heterocycles. The molecule has 0 unspecified atom stereocenters. The van der Waals surface area contributed by atoms with Crippen LogP contribution in [0.4, 0.5) is 5.69 Å². The van der Waals surface area contributed by atoms with Gasteiger partial charge in [0.1, 0.15) is 0 Å². The zero-order valence-corrected chi connectivity index (χ0v) is 11.5. The molecule has 5 rings (SSSR count). The van der Waals surface area contributed by atoms with E-state index in [2.05, 4.69) is 41.3 Å². The van der Waals surface area contributed by atoms with Crippen LogP contribution < -0.4 is 4.90 Å². The molecule has 0 amide bonds. The molecule has 3 heterocycles. The number of piperidine rings is 1. The summed E-state index contributed by atoms with van der Waals surface area (Å²) < 4.78 is 0. The highest BCUT2D eigenvalue weighted by atomic mass is 16.3. The van der Waals surface area contributed by atoms with E-state index in [-0.39, 0.29) is 5.92 Å². The van der Waals surface area contributed by atoms with Crippen molar-refractivity contribution < 1.29 is 5.11 Å². The van der Waals surface area contributed by atoms with E-state index in [4.69, 9.17) is 0 Å². The van der Waals surface area contributed by atoms with Crippen molar-refractivity contribution in [3.05, 3.63) is 65.7 Å². The van der Waals surface area contributed by atoms with E-state index in [1.54, 1.807) is 0 Å². The molecule has 0 saturated carbocycles. The molecular formula is C18H19NO. The van der Waals surface area contributed by atoms with E-state index < -0.39 is 5.60 Å². The molecule has 2 aromatic rings. The summed E-state index contributed by atoms with van der Waals surface area (Å²) in [5, 5.41) is 11.2. The molecule has 2 bridgehead atoms. The predicted octanol–water partition coefficient (Wildman–Crippen LogP) is 2.97. The zero-order valence-electron chi connectivity index (χ0n) is 11.5. The van der Waals surface area contributed by atoms with Crippen molar-refractivity contribution >= 4 is 5.69 Å². The van der Waals surface area contributed by atoms with Gasteiger partial charge in [-0.25, -0.2) is 0 Å². The van der Waals surface area contributed by atoms with Gasteiger partial charge in [-0.3, -0.25) is 0 Å². The molecule has 2 aromatic carbocycles. The Labute approximate surface area is 119 Å². The minimum absolute atomic E-state index is 0.268. The Balaban J connectivity index is 1.72. The topological polar surface area (TPSA) is 23.5 Å². The first kappa shape index (κ1) is 12.0. The van der Waals surface area contributed by atoms with E-state index in [0.29, 0.717) is 0 Å². The molecule has 0 aromatic heterocycles. The largest absolute Gasteiger partial charge is 0.387 e. The summed E-state index contributed by atoms with van der Waals surface area (Å²) in [6, 6.07) is 18.9. The van der Waals surface area contributed by atoms with Crippen LogP contribution in [0.15, 0.2) is 54.6 Å². The van der Waals surface area contributed by atoms with Crippen molar-refractivity contribution in [1.29, 1.82) is 0 Å².